The number of methoxy groups -OCH3 is 1. The van der Waals surface area contributed by atoms with Crippen molar-refractivity contribution in [3.05, 3.63) is 34.9 Å². The third kappa shape index (κ3) is 4.35. The van der Waals surface area contributed by atoms with Crippen molar-refractivity contribution in [2.45, 2.75) is 52.7 Å². The zero-order valence-electron chi connectivity index (χ0n) is 13.0. The van der Waals surface area contributed by atoms with Crippen molar-refractivity contribution in [3.8, 4) is 0 Å². The van der Waals surface area contributed by atoms with Crippen LogP contribution in [0.4, 0.5) is 0 Å². The summed E-state index contributed by atoms with van der Waals surface area (Å²) >= 11 is 0. The minimum Gasteiger partial charge on any atom is -0.374 e. The van der Waals surface area contributed by atoms with Gasteiger partial charge in [-0.3, -0.25) is 4.79 Å². The highest BCUT2D eigenvalue weighted by atomic mass is 16.5. The Morgan fingerprint density at radius 1 is 1.11 bits per heavy atom. The van der Waals surface area contributed by atoms with E-state index in [4.69, 9.17) is 4.74 Å². The highest BCUT2D eigenvalue weighted by molar-refractivity contribution is 5.95. The van der Waals surface area contributed by atoms with Crippen LogP contribution >= 0.6 is 0 Å². The SMILES string of the molecule is COC(C)(C)c1cc(C)cc(C(=O)NC(C)(C)C)c1. The van der Waals surface area contributed by atoms with Crippen LogP contribution in [0.1, 0.15) is 56.1 Å². The number of carbonyl (C=O) groups is 1. The maximum Gasteiger partial charge on any atom is 0.251 e. The fourth-order valence-corrected chi connectivity index (χ4v) is 1.79. The molecule has 0 saturated carbocycles. The summed E-state index contributed by atoms with van der Waals surface area (Å²) in [6.07, 6.45) is 0. The van der Waals surface area contributed by atoms with Gasteiger partial charge in [0.25, 0.3) is 5.91 Å². The maximum absolute atomic E-state index is 12.2. The fraction of sp³-hybridized carbons (Fsp3) is 0.562. The first kappa shape index (κ1) is 15.7. The molecule has 3 nitrogen and oxygen atoms in total. The molecule has 3 heteroatoms. The molecule has 1 aromatic rings. The van der Waals surface area contributed by atoms with Gasteiger partial charge in [-0.15, -0.1) is 0 Å². The smallest absolute Gasteiger partial charge is 0.251 e. The van der Waals surface area contributed by atoms with Crippen molar-refractivity contribution in [2.75, 3.05) is 7.11 Å². The Labute approximate surface area is 116 Å². The third-order valence-corrected chi connectivity index (χ3v) is 3.03. The molecule has 1 N–H and O–H groups in total. The van der Waals surface area contributed by atoms with Crippen LogP contribution in [0.25, 0.3) is 0 Å². The summed E-state index contributed by atoms with van der Waals surface area (Å²) in [4.78, 5) is 12.2. The van der Waals surface area contributed by atoms with Crippen molar-refractivity contribution < 1.29 is 9.53 Å². The third-order valence-electron chi connectivity index (χ3n) is 3.03. The van der Waals surface area contributed by atoms with Gasteiger partial charge in [-0.1, -0.05) is 6.07 Å². The van der Waals surface area contributed by atoms with Crippen LogP contribution in [-0.4, -0.2) is 18.6 Å². The minimum atomic E-state index is -0.400. The molecule has 1 aromatic carbocycles. The van der Waals surface area contributed by atoms with Gasteiger partial charge in [0.05, 0.1) is 5.60 Å². The standard InChI is InChI=1S/C16H25NO2/c1-11-8-12(14(18)17-15(2,3)4)10-13(9-11)16(5,6)19-7/h8-10H,1-7H3,(H,17,18). The second-order valence-corrected chi connectivity index (χ2v) is 6.51. The average molecular weight is 263 g/mol. The lowest BCUT2D eigenvalue weighted by atomic mass is 9.93. The van der Waals surface area contributed by atoms with Crippen LogP contribution in [0.15, 0.2) is 18.2 Å². The van der Waals surface area contributed by atoms with Crippen LogP contribution in [0.2, 0.25) is 0 Å². The van der Waals surface area contributed by atoms with Gasteiger partial charge < -0.3 is 10.1 Å². The normalized spacial score (nSPS) is 12.4. The van der Waals surface area contributed by atoms with Crippen molar-refractivity contribution in [3.63, 3.8) is 0 Å². The highest BCUT2D eigenvalue weighted by Crippen LogP contribution is 2.26. The molecular weight excluding hydrogens is 238 g/mol. The zero-order valence-corrected chi connectivity index (χ0v) is 13.0. The Balaban J connectivity index is 3.14. The summed E-state index contributed by atoms with van der Waals surface area (Å²) in [5.74, 6) is -0.0515. The Morgan fingerprint density at radius 3 is 2.16 bits per heavy atom. The molecule has 19 heavy (non-hydrogen) atoms. The highest BCUT2D eigenvalue weighted by Gasteiger charge is 2.22. The van der Waals surface area contributed by atoms with Crippen molar-refractivity contribution in [1.29, 1.82) is 0 Å². The number of aryl methyl sites for hydroxylation is 1. The van der Waals surface area contributed by atoms with Crippen LogP contribution in [0.5, 0.6) is 0 Å². The monoisotopic (exact) mass is 263 g/mol. The van der Waals surface area contributed by atoms with E-state index in [9.17, 15) is 4.79 Å². The molecule has 0 aliphatic heterocycles. The van der Waals surface area contributed by atoms with E-state index in [-0.39, 0.29) is 11.4 Å². The number of carbonyl (C=O) groups excluding carboxylic acids is 1. The van der Waals surface area contributed by atoms with Crippen LogP contribution in [-0.2, 0) is 10.3 Å². The van der Waals surface area contributed by atoms with Crippen LogP contribution in [0, 0.1) is 6.92 Å². The summed E-state index contributed by atoms with van der Waals surface area (Å²) in [6, 6.07) is 5.85. The van der Waals surface area contributed by atoms with Gasteiger partial charge in [0.2, 0.25) is 0 Å². The molecule has 0 atom stereocenters. The second kappa shape index (κ2) is 5.33. The van der Waals surface area contributed by atoms with E-state index in [1.165, 1.54) is 0 Å². The largest absolute Gasteiger partial charge is 0.374 e. The molecule has 0 bridgehead atoms. The van der Waals surface area contributed by atoms with E-state index in [1.54, 1.807) is 7.11 Å². The summed E-state index contributed by atoms with van der Waals surface area (Å²) in [5, 5.41) is 2.98. The van der Waals surface area contributed by atoms with E-state index >= 15 is 0 Å². The molecule has 0 heterocycles. The minimum absolute atomic E-state index is 0.0515. The summed E-state index contributed by atoms with van der Waals surface area (Å²) in [6.45, 7) is 11.9. The zero-order chi connectivity index (χ0) is 14.8. The van der Waals surface area contributed by atoms with E-state index in [0.29, 0.717) is 5.56 Å². The number of rotatable bonds is 3. The predicted octanol–water partition coefficient (Wildman–Crippen LogP) is 3.40. The molecule has 1 amide bonds. The number of nitrogens with one attached hydrogen (secondary N) is 1. The topological polar surface area (TPSA) is 38.3 Å². The molecule has 0 aliphatic rings. The first-order chi connectivity index (χ1) is 8.55. The van der Waals surface area contributed by atoms with E-state index in [0.717, 1.165) is 11.1 Å². The van der Waals surface area contributed by atoms with Crippen LogP contribution < -0.4 is 5.32 Å². The molecule has 106 valence electrons. The molecule has 0 saturated heterocycles. The molecule has 0 aliphatic carbocycles. The lowest BCUT2D eigenvalue weighted by molar-refractivity contribution is 0.0191. The maximum atomic E-state index is 12.2. The van der Waals surface area contributed by atoms with Gasteiger partial charge in [0.15, 0.2) is 0 Å². The fourth-order valence-electron chi connectivity index (χ4n) is 1.79. The number of amides is 1. The van der Waals surface area contributed by atoms with E-state index in [1.807, 2.05) is 53.7 Å². The first-order valence-corrected chi connectivity index (χ1v) is 6.55. The number of ether oxygens (including phenoxy) is 1. The molecule has 0 fully saturated rings. The van der Waals surface area contributed by atoms with Gasteiger partial charge in [-0.2, -0.15) is 0 Å². The molecule has 0 unspecified atom stereocenters. The van der Waals surface area contributed by atoms with Crippen molar-refractivity contribution in [2.24, 2.45) is 0 Å². The van der Waals surface area contributed by atoms with Gasteiger partial charge in [-0.25, -0.2) is 0 Å². The molecular formula is C16H25NO2. The Morgan fingerprint density at radius 2 is 1.68 bits per heavy atom. The van der Waals surface area contributed by atoms with Crippen molar-refractivity contribution in [1.82, 2.24) is 5.32 Å². The lowest BCUT2D eigenvalue weighted by Crippen LogP contribution is -2.40. The quantitative estimate of drug-likeness (QED) is 0.907. The lowest BCUT2D eigenvalue weighted by Gasteiger charge is -2.25. The van der Waals surface area contributed by atoms with E-state index < -0.39 is 5.60 Å². The Hall–Kier alpha value is -1.35. The average Bonchev–Trinajstić information content (AvgIpc) is 2.26. The Bertz CT molecular complexity index is 470. The second-order valence-electron chi connectivity index (χ2n) is 6.51. The van der Waals surface area contributed by atoms with E-state index in [2.05, 4.69) is 11.4 Å². The van der Waals surface area contributed by atoms with Crippen molar-refractivity contribution >= 4 is 5.91 Å². The Kier molecular flexibility index (Phi) is 4.41. The van der Waals surface area contributed by atoms with Gasteiger partial charge in [0.1, 0.15) is 0 Å². The number of benzene rings is 1. The van der Waals surface area contributed by atoms with Crippen LogP contribution in [0.3, 0.4) is 0 Å². The molecule has 1 rings (SSSR count). The molecule has 0 radical (unpaired) electrons. The first-order valence-electron chi connectivity index (χ1n) is 6.55. The summed E-state index contributed by atoms with van der Waals surface area (Å²) < 4.78 is 5.48. The number of hydrogen-bond donors (Lipinski definition) is 1. The van der Waals surface area contributed by atoms with Gasteiger partial charge in [-0.05, 0) is 64.8 Å². The van der Waals surface area contributed by atoms with Gasteiger partial charge in [0, 0.05) is 18.2 Å². The summed E-state index contributed by atoms with van der Waals surface area (Å²) in [5.41, 5.74) is 2.10. The number of hydrogen-bond acceptors (Lipinski definition) is 2. The predicted molar refractivity (Wildman–Crippen MR) is 78.4 cm³/mol. The molecule has 0 spiro atoms. The summed E-state index contributed by atoms with van der Waals surface area (Å²) in [7, 11) is 1.68. The van der Waals surface area contributed by atoms with Gasteiger partial charge >= 0.3 is 0 Å². The molecule has 0 aromatic heterocycles.